The molecule has 0 bridgehead atoms. The number of nitrogens with zero attached hydrogens (tertiary/aromatic N) is 1. The Morgan fingerprint density at radius 1 is 1.57 bits per heavy atom. The van der Waals surface area contributed by atoms with Crippen LogP contribution < -0.4 is 10.6 Å². The van der Waals surface area contributed by atoms with Gasteiger partial charge in [0.1, 0.15) is 5.82 Å². The predicted octanol–water partition coefficient (Wildman–Crippen LogP) is 1.06. The van der Waals surface area contributed by atoms with E-state index >= 15 is 0 Å². The lowest BCUT2D eigenvalue weighted by Gasteiger charge is -2.18. The van der Waals surface area contributed by atoms with Gasteiger partial charge in [-0.15, -0.1) is 0 Å². The zero-order valence-electron chi connectivity index (χ0n) is 8.03. The molecule has 1 atom stereocenters. The maximum atomic E-state index is 11.0. The Morgan fingerprint density at radius 3 is 2.79 bits per heavy atom. The van der Waals surface area contributed by atoms with Crippen LogP contribution in [0.15, 0.2) is 4.79 Å². The second-order valence-electron chi connectivity index (χ2n) is 3.87. The fraction of sp³-hybridized carbons (Fsp3) is 0.778. The van der Waals surface area contributed by atoms with Crippen molar-refractivity contribution in [3.63, 3.8) is 0 Å². The Bertz CT molecular complexity index is 340. The van der Waals surface area contributed by atoms with Gasteiger partial charge in [-0.1, -0.05) is 12.8 Å². The molecule has 3 N–H and O–H groups in total. The Balaban J connectivity index is 2.16. The number of nitrogens with two attached hydrogens (primary N) is 1. The number of hydrogen-bond donors (Lipinski definition) is 2. The lowest BCUT2D eigenvalue weighted by molar-refractivity contribution is 0.426. The summed E-state index contributed by atoms with van der Waals surface area (Å²) in [6, 6.07) is 0. The Labute approximate surface area is 86.7 Å². The van der Waals surface area contributed by atoms with Crippen LogP contribution in [0.2, 0.25) is 0 Å². The molecule has 1 saturated carbocycles. The van der Waals surface area contributed by atoms with Gasteiger partial charge < -0.3 is 5.73 Å². The van der Waals surface area contributed by atoms with Crippen LogP contribution in [-0.2, 0) is 0 Å². The SMILES string of the molecule is NCC(c1nsc(=O)[nH]1)C1CCCC1. The number of aromatic nitrogens is 2. The van der Waals surface area contributed by atoms with Crippen LogP contribution in [0.1, 0.15) is 37.4 Å². The van der Waals surface area contributed by atoms with E-state index in [0.29, 0.717) is 12.5 Å². The maximum absolute atomic E-state index is 11.0. The summed E-state index contributed by atoms with van der Waals surface area (Å²) in [5.74, 6) is 1.68. The van der Waals surface area contributed by atoms with Crippen LogP contribution in [0.3, 0.4) is 0 Å². The van der Waals surface area contributed by atoms with Crippen molar-refractivity contribution in [1.29, 1.82) is 0 Å². The molecule has 78 valence electrons. The third kappa shape index (κ3) is 1.88. The summed E-state index contributed by atoms with van der Waals surface area (Å²) in [7, 11) is 0. The van der Waals surface area contributed by atoms with Gasteiger partial charge in [-0.25, -0.2) is 0 Å². The number of aromatic amines is 1. The number of H-pyrrole nitrogens is 1. The highest BCUT2D eigenvalue weighted by Crippen LogP contribution is 2.35. The van der Waals surface area contributed by atoms with Gasteiger partial charge in [-0.3, -0.25) is 9.78 Å². The van der Waals surface area contributed by atoms with Gasteiger partial charge in [0.05, 0.1) is 0 Å². The van der Waals surface area contributed by atoms with Crippen LogP contribution in [0.4, 0.5) is 0 Å². The highest BCUT2D eigenvalue weighted by molar-refractivity contribution is 7.02. The van der Waals surface area contributed by atoms with Crippen molar-refractivity contribution in [3.8, 4) is 0 Å². The van der Waals surface area contributed by atoms with E-state index < -0.39 is 0 Å². The minimum atomic E-state index is -0.0727. The summed E-state index contributed by atoms with van der Waals surface area (Å²) in [5.41, 5.74) is 5.74. The smallest absolute Gasteiger partial charge is 0.323 e. The molecule has 0 radical (unpaired) electrons. The Hall–Kier alpha value is -0.680. The summed E-state index contributed by atoms with van der Waals surface area (Å²) < 4.78 is 4.13. The summed E-state index contributed by atoms with van der Waals surface area (Å²) in [6.45, 7) is 0.588. The molecule has 0 amide bonds. The predicted molar refractivity (Wildman–Crippen MR) is 56.5 cm³/mol. The van der Waals surface area contributed by atoms with Crippen LogP contribution in [0.5, 0.6) is 0 Å². The molecule has 1 aromatic heterocycles. The molecular formula is C9H15N3OS. The first-order valence-electron chi connectivity index (χ1n) is 5.07. The molecule has 2 rings (SSSR count). The van der Waals surface area contributed by atoms with E-state index in [0.717, 1.165) is 17.4 Å². The number of hydrogen-bond acceptors (Lipinski definition) is 4. The van der Waals surface area contributed by atoms with Crippen molar-refractivity contribution in [2.24, 2.45) is 11.7 Å². The van der Waals surface area contributed by atoms with Crippen LogP contribution in [0.25, 0.3) is 0 Å². The molecule has 1 aromatic rings. The third-order valence-corrected chi connectivity index (χ3v) is 3.59. The Morgan fingerprint density at radius 2 is 2.29 bits per heavy atom. The molecule has 0 aliphatic heterocycles. The average Bonchev–Trinajstić information content (AvgIpc) is 2.79. The van der Waals surface area contributed by atoms with Gasteiger partial charge in [0.2, 0.25) is 0 Å². The summed E-state index contributed by atoms with van der Waals surface area (Å²) in [5, 5.41) is 0. The van der Waals surface area contributed by atoms with E-state index in [1.165, 1.54) is 25.7 Å². The second-order valence-corrected chi connectivity index (χ2v) is 4.60. The van der Waals surface area contributed by atoms with Crippen molar-refractivity contribution < 1.29 is 0 Å². The molecule has 1 aliphatic rings. The van der Waals surface area contributed by atoms with Gasteiger partial charge in [-0.2, -0.15) is 4.37 Å². The van der Waals surface area contributed by atoms with Crippen LogP contribution in [-0.4, -0.2) is 15.9 Å². The zero-order valence-corrected chi connectivity index (χ0v) is 8.85. The van der Waals surface area contributed by atoms with E-state index in [1.54, 1.807) is 0 Å². The first-order valence-corrected chi connectivity index (χ1v) is 5.84. The maximum Gasteiger partial charge on any atom is 0.323 e. The molecular weight excluding hydrogens is 198 g/mol. The van der Waals surface area contributed by atoms with Gasteiger partial charge in [-0.05, 0) is 18.8 Å². The molecule has 1 unspecified atom stereocenters. The van der Waals surface area contributed by atoms with Gasteiger partial charge in [0.25, 0.3) is 0 Å². The van der Waals surface area contributed by atoms with Crippen molar-refractivity contribution in [1.82, 2.24) is 9.36 Å². The largest absolute Gasteiger partial charge is 0.330 e. The molecule has 14 heavy (non-hydrogen) atoms. The lowest BCUT2D eigenvalue weighted by Crippen LogP contribution is -2.21. The molecule has 0 spiro atoms. The first-order chi connectivity index (χ1) is 6.81. The minimum Gasteiger partial charge on any atom is -0.330 e. The van der Waals surface area contributed by atoms with Gasteiger partial charge >= 0.3 is 4.87 Å². The summed E-state index contributed by atoms with van der Waals surface area (Å²) >= 11 is 0.990. The average molecular weight is 213 g/mol. The minimum absolute atomic E-state index is 0.0727. The number of rotatable bonds is 3. The normalized spacial score (nSPS) is 20.1. The van der Waals surface area contributed by atoms with E-state index in [1.807, 2.05) is 0 Å². The molecule has 0 aromatic carbocycles. The van der Waals surface area contributed by atoms with E-state index in [2.05, 4.69) is 9.36 Å². The molecule has 1 heterocycles. The molecule has 1 aliphatic carbocycles. The first kappa shape index (κ1) is 9.86. The van der Waals surface area contributed by atoms with Crippen molar-refractivity contribution in [3.05, 3.63) is 15.5 Å². The van der Waals surface area contributed by atoms with Crippen molar-refractivity contribution in [2.75, 3.05) is 6.54 Å². The van der Waals surface area contributed by atoms with Crippen LogP contribution >= 0.6 is 11.5 Å². The molecule has 0 saturated heterocycles. The van der Waals surface area contributed by atoms with Crippen LogP contribution in [0, 0.1) is 5.92 Å². The fourth-order valence-corrected chi connectivity index (χ4v) is 2.80. The monoisotopic (exact) mass is 213 g/mol. The fourth-order valence-electron chi connectivity index (χ4n) is 2.29. The van der Waals surface area contributed by atoms with Crippen molar-refractivity contribution in [2.45, 2.75) is 31.6 Å². The van der Waals surface area contributed by atoms with Crippen molar-refractivity contribution >= 4 is 11.5 Å². The highest BCUT2D eigenvalue weighted by Gasteiger charge is 2.27. The van der Waals surface area contributed by atoms with E-state index in [4.69, 9.17) is 5.73 Å². The molecule has 5 heteroatoms. The lowest BCUT2D eigenvalue weighted by atomic mass is 9.90. The van der Waals surface area contributed by atoms with Gasteiger partial charge in [0, 0.05) is 24.0 Å². The number of nitrogens with one attached hydrogen (secondary N) is 1. The highest BCUT2D eigenvalue weighted by atomic mass is 32.1. The van der Waals surface area contributed by atoms with Gasteiger partial charge in [0.15, 0.2) is 0 Å². The zero-order chi connectivity index (χ0) is 9.97. The standard InChI is InChI=1S/C9H15N3OS/c10-5-7(6-3-1-2-4-6)8-11-9(13)14-12-8/h6-7H,1-5,10H2,(H,11,12,13). The van der Waals surface area contributed by atoms with E-state index in [9.17, 15) is 4.79 Å². The quantitative estimate of drug-likeness (QED) is 0.788. The molecule has 4 nitrogen and oxygen atoms in total. The second kappa shape index (κ2) is 4.23. The Kier molecular flexibility index (Phi) is 2.98. The third-order valence-electron chi connectivity index (χ3n) is 3.03. The summed E-state index contributed by atoms with van der Waals surface area (Å²) in [6.07, 6.45) is 5.02. The topological polar surface area (TPSA) is 71.8 Å². The summed E-state index contributed by atoms with van der Waals surface area (Å²) in [4.78, 5) is 13.7. The molecule has 1 fully saturated rings. The van der Waals surface area contributed by atoms with E-state index in [-0.39, 0.29) is 10.8 Å².